The Balaban J connectivity index is 2.07. The second-order valence-corrected chi connectivity index (χ2v) is 7.77. The van der Waals surface area contributed by atoms with Gasteiger partial charge in [-0.1, -0.05) is 38.8 Å². The van der Waals surface area contributed by atoms with Gasteiger partial charge in [0.2, 0.25) is 0 Å². The summed E-state index contributed by atoms with van der Waals surface area (Å²) in [6, 6.07) is 10.4. The van der Waals surface area contributed by atoms with Crippen LogP contribution in [0, 0.1) is 34.0 Å². The molecule has 1 aliphatic rings. The van der Waals surface area contributed by atoms with Gasteiger partial charge in [-0.15, -0.1) is 5.92 Å². The van der Waals surface area contributed by atoms with Crippen molar-refractivity contribution < 1.29 is 4.39 Å². The molecular formula is C21H27FN2. The molecule has 0 aromatic heterocycles. The molecule has 0 bridgehead atoms. The molecule has 1 heterocycles. The lowest BCUT2D eigenvalue weighted by Crippen LogP contribution is -2.54. The van der Waals surface area contributed by atoms with Crippen molar-refractivity contribution in [3.8, 4) is 17.9 Å². The van der Waals surface area contributed by atoms with Crippen LogP contribution >= 0.6 is 0 Å². The smallest absolute Gasteiger partial charge is 0.120 e. The van der Waals surface area contributed by atoms with E-state index in [2.05, 4.69) is 55.7 Å². The molecule has 1 saturated heterocycles. The highest BCUT2D eigenvalue weighted by Crippen LogP contribution is 2.50. The lowest BCUT2D eigenvalue weighted by atomic mass is 9.59. The molecule has 0 N–H and O–H groups in total. The summed E-state index contributed by atoms with van der Waals surface area (Å²) in [5, 5.41) is 9.19. The van der Waals surface area contributed by atoms with Crippen molar-refractivity contribution in [3.05, 3.63) is 35.4 Å². The molecule has 2 nitrogen and oxygen atoms in total. The number of benzene rings is 1. The van der Waals surface area contributed by atoms with Crippen molar-refractivity contribution in [2.24, 2.45) is 10.8 Å². The number of nitrogens with zero attached hydrogens (tertiary/aromatic N) is 2. The maximum absolute atomic E-state index is 15.1. The van der Waals surface area contributed by atoms with Crippen molar-refractivity contribution in [3.63, 3.8) is 0 Å². The molecule has 128 valence electrons. The fraction of sp³-hybridized carbons (Fsp3) is 0.571. The lowest BCUT2D eigenvalue weighted by molar-refractivity contribution is -0.0660. The monoisotopic (exact) mass is 326 g/mol. The van der Waals surface area contributed by atoms with Crippen LogP contribution in [0.2, 0.25) is 0 Å². The van der Waals surface area contributed by atoms with E-state index in [1.54, 1.807) is 0 Å². The molecule has 2 atom stereocenters. The normalized spacial score (nSPS) is 24.8. The van der Waals surface area contributed by atoms with Crippen LogP contribution in [-0.4, -0.2) is 24.2 Å². The molecule has 1 aromatic rings. The third kappa shape index (κ3) is 3.80. The Hall–Kier alpha value is -1.84. The molecule has 24 heavy (non-hydrogen) atoms. The Morgan fingerprint density at radius 1 is 1.29 bits per heavy atom. The predicted molar refractivity (Wildman–Crippen MR) is 95.9 cm³/mol. The summed E-state index contributed by atoms with van der Waals surface area (Å²) >= 11 is 0. The second-order valence-electron chi connectivity index (χ2n) is 7.77. The van der Waals surface area contributed by atoms with Crippen molar-refractivity contribution in [1.82, 2.24) is 4.90 Å². The first-order chi connectivity index (χ1) is 11.3. The summed E-state index contributed by atoms with van der Waals surface area (Å²) in [5.74, 6) is 5.92. The van der Waals surface area contributed by atoms with Gasteiger partial charge < -0.3 is 0 Å². The zero-order chi connectivity index (χ0) is 17.8. The first-order valence-electron chi connectivity index (χ1n) is 8.57. The average molecular weight is 326 g/mol. The summed E-state index contributed by atoms with van der Waals surface area (Å²) < 4.78 is 15.1. The van der Waals surface area contributed by atoms with Gasteiger partial charge in [-0.2, -0.15) is 5.26 Å². The first-order valence-corrected chi connectivity index (χ1v) is 8.57. The maximum atomic E-state index is 15.1. The van der Waals surface area contributed by atoms with Gasteiger partial charge in [-0.05, 0) is 43.0 Å². The highest BCUT2D eigenvalue weighted by atomic mass is 19.1. The highest BCUT2D eigenvalue weighted by molar-refractivity contribution is 5.35. The average Bonchev–Trinajstić information content (AvgIpc) is 2.51. The van der Waals surface area contributed by atoms with E-state index in [4.69, 9.17) is 0 Å². The number of nitriles is 1. The number of hydrogen-bond acceptors (Lipinski definition) is 2. The molecule has 3 heteroatoms. The fourth-order valence-electron chi connectivity index (χ4n) is 3.70. The summed E-state index contributed by atoms with van der Waals surface area (Å²) in [6.45, 7) is 9.96. The summed E-state index contributed by atoms with van der Waals surface area (Å²) in [6.07, 6.45) is 0.0386. The standard InChI is InChI=1S/C21H27FN2/c1-5-6-17-7-9-18(10-8-17)15-24-14-12-21(11-13-23,19(22)16-24)20(2,3)4/h7-10,19H,11-12,14-16H2,1-4H3. The number of alkyl halides is 1. The van der Waals surface area contributed by atoms with Gasteiger partial charge in [0.15, 0.2) is 0 Å². The van der Waals surface area contributed by atoms with E-state index in [1.807, 2.05) is 19.1 Å². The van der Waals surface area contributed by atoms with E-state index >= 15 is 4.39 Å². The Kier molecular flexibility index (Phi) is 5.68. The summed E-state index contributed by atoms with van der Waals surface area (Å²) in [4.78, 5) is 2.16. The van der Waals surface area contributed by atoms with Crippen LogP contribution in [0.3, 0.4) is 0 Å². The van der Waals surface area contributed by atoms with Gasteiger partial charge in [0.25, 0.3) is 0 Å². The minimum absolute atomic E-state index is 0.214. The molecule has 0 radical (unpaired) electrons. The van der Waals surface area contributed by atoms with E-state index in [1.165, 1.54) is 5.56 Å². The first kappa shape index (κ1) is 18.5. The molecule has 2 unspecified atom stereocenters. The molecule has 0 spiro atoms. The van der Waals surface area contributed by atoms with Crippen molar-refractivity contribution in [2.45, 2.75) is 53.3 Å². The number of piperidine rings is 1. The van der Waals surface area contributed by atoms with E-state index < -0.39 is 11.6 Å². The largest absolute Gasteiger partial charge is 0.296 e. The third-order valence-corrected chi connectivity index (χ3v) is 5.41. The van der Waals surface area contributed by atoms with E-state index in [-0.39, 0.29) is 11.8 Å². The Morgan fingerprint density at radius 2 is 1.96 bits per heavy atom. The molecule has 2 rings (SSSR count). The van der Waals surface area contributed by atoms with Crippen molar-refractivity contribution >= 4 is 0 Å². The van der Waals surface area contributed by atoms with Gasteiger partial charge in [0.05, 0.1) is 6.07 Å². The second kappa shape index (κ2) is 7.37. The predicted octanol–water partition coefficient (Wildman–Crippen LogP) is 4.55. The van der Waals surface area contributed by atoms with Gasteiger partial charge in [-0.25, -0.2) is 4.39 Å². The van der Waals surface area contributed by atoms with Gasteiger partial charge in [-0.3, -0.25) is 4.90 Å². The van der Waals surface area contributed by atoms with Crippen molar-refractivity contribution in [2.75, 3.05) is 13.1 Å². The van der Waals surface area contributed by atoms with Gasteiger partial charge >= 0.3 is 0 Å². The lowest BCUT2D eigenvalue weighted by Gasteiger charge is -2.51. The van der Waals surface area contributed by atoms with Crippen LogP contribution in [0.15, 0.2) is 24.3 Å². The Labute approximate surface area is 145 Å². The minimum atomic E-state index is -0.976. The minimum Gasteiger partial charge on any atom is -0.296 e. The van der Waals surface area contributed by atoms with Crippen LogP contribution in [0.4, 0.5) is 4.39 Å². The Morgan fingerprint density at radius 3 is 2.46 bits per heavy atom. The summed E-state index contributed by atoms with van der Waals surface area (Å²) in [5.41, 5.74) is 1.42. The number of halogens is 1. The molecule has 0 amide bonds. The molecule has 0 aliphatic carbocycles. The third-order valence-electron chi connectivity index (χ3n) is 5.41. The molecule has 1 aromatic carbocycles. The van der Waals surface area contributed by atoms with Crippen molar-refractivity contribution in [1.29, 1.82) is 5.26 Å². The van der Waals surface area contributed by atoms with Crippen LogP contribution in [0.1, 0.15) is 51.7 Å². The van der Waals surface area contributed by atoms with E-state index in [0.717, 1.165) is 25.1 Å². The number of hydrogen-bond donors (Lipinski definition) is 0. The maximum Gasteiger partial charge on any atom is 0.120 e. The highest BCUT2D eigenvalue weighted by Gasteiger charge is 2.51. The molecular weight excluding hydrogens is 299 g/mol. The summed E-state index contributed by atoms with van der Waals surface area (Å²) in [7, 11) is 0. The fourth-order valence-corrected chi connectivity index (χ4v) is 3.70. The number of rotatable bonds is 3. The van der Waals surface area contributed by atoms with Crippen LogP contribution in [0.5, 0.6) is 0 Å². The molecule has 1 fully saturated rings. The topological polar surface area (TPSA) is 27.0 Å². The zero-order valence-corrected chi connectivity index (χ0v) is 15.2. The van der Waals surface area contributed by atoms with Crippen LogP contribution in [-0.2, 0) is 6.54 Å². The molecule has 1 aliphatic heterocycles. The van der Waals surface area contributed by atoms with Gasteiger partial charge in [0, 0.05) is 30.5 Å². The zero-order valence-electron chi connectivity index (χ0n) is 15.2. The van der Waals surface area contributed by atoms with Gasteiger partial charge in [0.1, 0.15) is 6.17 Å². The van der Waals surface area contributed by atoms with Crippen LogP contribution in [0.25, 0.3) is 0 Å². The van der Waals surface area contributed by atoms with E-state index in [9.17, 15) is 5.26 Å². The quantitative estimate of drug-likeness (QED) is 0.762. The molecule has 0 saturated carbocycles. The van der Waals surface area contributed by atoms with Crippen LogP contribution < -0.4 is 0 Å². The van der Waals surface area contributed by atoms with E-state index in [0.29, 0.717) is 6.54 Å². The Bertz CT molecular complexity index is 654. The number of likely N-dealkylation sites (tertiary alicyclic amines) is 1. The SMILES string of the molecule is CC#Cc1ccc(CN2CCC(CC#N)(C(C)(C)C)C(F)C2)cc1.